The van der Waals surface area contributed by atoms with Crippen LogP contribution < -0.4 is 4.74 Å². The number of nitriles is 1. The molecular weight excluding hydrogens is 229 g/mol. The van der Waals surface area contributed by atoms with Crippen molar-refractivity contribution in [2.45, 2.75) is 6.92 Å². The van der Waals surface area contributed by atoms with E-state index in [1.807, 2.05) is 6.92 Å². The first-order chi connectivity index (χ1) is 8.65. The van der Waals surface area contributed by atoms with E-state index in [0.717, 1.165) is 11.1 Å². The second kappa shape index (κ2) is 4.89. The van der Waals surface area contributed by atoms with Crippen molar-refractivity contribution >= 4 is 0 Å². The molecule has 0 aliphatic rings. The molecule has 0 unspecified atom stereocenters. The molecule has 3 heteroatoms. The maximum atomic E-state index is 13.9. The third-order valence-corrected chi connectivity index (χ3v) is 2.82. The molecule has 2 aromatic carbocycles. The van der Waals surface area contributed by atoms with E-state index in [4.69, 9.17) is 10.00 Å². The van der Waals surface area contributed by atoms with Crippen LogP contribution in [-0.2, 0) is 0 Å². The van der Waals surface area contributed by atoms with Crippen molar-refractivity contribution in [3.05, 3.63) is 53.3 Å². The number of methoxy groups -OCH3 is 1. The molecule has 18 heavy (non-hydrogen) atoms. The van der Waals surface area contributed by atoms with E-state index in [1.165, 1.54) is 13.2 Å². The highest BCUT2D eigenvalue weighted by molar-refractivity contribution is 5.69. The first-order valence-electron chi connectivity index (χ1n) is 5.50. The van der Waals surface area contributed by atoms with Gasteiger partial charge in [-0.1, -0.05) is 6.07 Å². The molecule has 0 fully saturated rings. The van der Waals surface area contributed by atoms with Crippen LogP contribution in [0.4, 0.5) is 4.39 Å². The van der Waals surface area contributed by atoms with Crippen LogP contribution in [0.15, 0.2) is 36.4 Å². The van der Waals surface area contributed by atoms with E-state index in [0.29, 0.717) is 16.9 Å². The number of rotatable bonds is 2. The first kappa shape index (κ1) is 12.1. The summed E-state index contributed by atoms with van der Waals surface area (Å²) in [6.07, 6.45) is 0. The SMILES string of the molecule is COc1ccc(-c2ccc(C#N)cc2C)c(F)c1. The van der Waals surface area contributed by atoms with Gasteiger partial charge in [0.2, 0.25) is 0 Å². The summed E-state index contributed by atoms with van der Waals surface area (Å²) in [6.45, 7) is 1.86. The summed E-state index contributed by atoms with van der Waals surface area (Å²) < 4.78 is 18.9. The minimum Gasteiger partial charge on any atom is -0.497 e. The number of nitrogens with zero attached hydrogens (tertiary/aromatic N) is 1. The Labute approximate surface area is 105 Å². The molecule has 0 amide bonds. The second-order valence-corrected chi connectivity index (χ2v) is 3.99. The summed E-state index contributed by atoms with van der Waals surface area (Å²) in [6, 6.07) is 12.0. The molecule has 0 atom stereocenters. The molecule has 0 radical (unpaired) electrons. The van der Waals surface area contributed by atoms with Gasteiger partial charge in [-0.05, 0) is 42.3 Å². The van der Waals surface area contributed by atoms with Crippen molar-refractivity contribution in [1.29, 1.82) is 5.26 Å². The van der Waals surface area contributed by atoms with Gasteiger partial charge in [0.1, 0.15) is 11.6 Å². The molecule has 2 rings (SSSR count). The molecule has 2 aromatic rings. The highest BCUT2D eigenvalue weighted by Crippen LogP contribution is 2.29. The number of aryl methyl sites for hydroxylation is 1. The van der Waals surface area contributed by atoms with Gasteiger partial charge >= 0.3 is 0 Å². The molecule has 0 saturated heterocycles. The lowest BCUT2D eigenvalue weighted by Gasteiger charge is -2.09. The molecular formula is C15H12FNO. The topological polar surface area (TPSA) is 33.0 Å². The summed E-state index contributed by atoms with van der Waals surface area (Å²) in [5.74, 6) is 0.157. The number of benzene rings is 2. The van der Waals surface area contributed by atoms with Gasteiger partial charge < -0.3 is 4.74 Å². The number of halogens is 1. The summed E-state index contributed by atoms with van der Waals surface area (Å²) in [7, 11) is 1.50. The van der Waals surface area contributed by atoms with E-state index >= 15 is 0 Å². The summed E-state index contributed by atoms with van der Waals surface area (Å²) in [5, 5.41) is 8.81. The Morgan fingerprint density at radius 3 is 2.39 bits per heavy atom. The Balaban J connectivity index is 2.52. The van der Waals surface area contributed by atoms with Crippen LogP contribution in [0.25, 0.3) is 11.1 Å². The van der Waals surface area contributed by atoms with E-state index in [2.05, 4.69) is 6.07 Å². The van der Waals surface area contributed by atoms with Gasteiger partial charge in [0.25, 0.3) is 0 Å². The van der Waals surface area contributed by atoms with Gasteiger partial charge in [0, 0.05) is 11.6 Å². The van der Waals surface area contributed by atoms with Crippen molar-refractivity contribution in [2.75, 3.05) is 7.11 Å². The van der Waals surface area contributed by atoms with E-state index in [-0.39, 0.29) is 5.82 Å². The smallest absolute Gasteiger partial charge is 0.134 e. The van der Waals surface area contributed by atoms with Crippen LogP contribution in [0.5, 0.6) is 5.75 Å². The van der Waals surface area contributed by atoms with Crippen LogP contribution in [0.1, 0.15) is 11.1 Å². The van der Waals surface area contributed by atoms with Crippen molar-refractivity contribution in [3.63, 3.8) is 0 Å². The fourth-order valence-corrected chi connectivity index (χ4v) is 1.88. The highest BCUT2D eigenvalue weighted by atomic mass is 19.1. The average Bonchev–Trinajstić information content (AvgIpc) is 2.39. The molecule has 0 aromatic heterocycles. The van der Waals surface area contributed by atoms with E-state index in [1.54, 1.807) is 30.3 Å². The molecule has 0 aliphatic heterocycles. The Morgan fingerprint density at radius 2 is 1.83 bits per heavy atom. The Bertz CT molecular complexity index is 629. The lowest BCUT2D eigenvalue weighted by Crippen LogP contribution is -1.91. The van der Waals surface area contributed by atoms with E-state index in [9.17, 15) is 4.39 Å². The normalized spacial score (nSPS) is 9.89. The molecule has 2 nitrogen and oxygen atoms in total. The maximum absolute atomic E-state index is 13.9. The van der Waals surface area contributed by atoms with Crippen molar-refractivity contribution in [1.82, 2.24) is 0 Å². The summed E-state index contributed by atoms with van der Waals surface area (Å²) in [5.41, 5.74) is 2.75. The van der Waals surface area contributed by atoms with Gasteiger partial charge in [-0.2, -0.15) is 5.26 Å². The van der Waals surface area contributed by atoms with Crippen LogP contribution in [0.3, 0.4) is 0 Å². The monoisotopic (exact) mass is 241 g/mol. The molecule has 0 bridgehead atoms. The highest BCUT2D eigenvalue weighted by Gasteiger charge is 2.09. The lowest BCUT2D eigenvalue weighted by molar-refractivity contribution is 0.411. The number of hydrogen-bond acceptors (Lipinski definition) is 2. The average molecular weight is 241 g/mol. The number of ether oxygens (including phenoxy) is 1. The standard InChI is InChI=1S/C15H12FNO/c1-10-7-11(9-17)3-5-13(10)14-6-4-12(18-2)8-15(14)16/h3-8H,1-2H3. The maximum Gasteiger partial charge on any atom is 0.134 e. The van der Waals surface area contributed by atoms with Crippen molar-refractivity contribution in [3.8, 4) is 22.9 Å². The van der Waals surface area contributed by atoms with E-state index < -0.39 is 0 Å². The number of hydrogen-bond donors (Lipinski definition) is 0. The van der Waals surface area contributed by atoms with Crippen molar-refractivity contribution < 1.29 is 9.13 Å². The summed E-state index contributed by atoms with van der Waals surface area (Å²) in [4.78, 5) is 0. The Morgan fingerprint density at radius 1 is 1.11 bits per heavy atom. The quantitative estimate of drug-likeness (QED) is 0.803. The third kappa shape index (κ3) is 2.18. The Kier molecular flexibility index (Phi) is 3.29. The lowest BCUT2D eigenvalue weighted by atomic mass is 9.98. The molecule has 0 spiro atoms. The second-order valence-electron chi connectivity index (χ2n) is 3.99. The molecule has 0 N–H and O–H groups in total. The minimum absolute atomic E-state index is 0.331. The van der Waals surface area contributed by atoms with Gasteiger partial charge in [0.15, 0.2) is 0 Å². The first-order valence-corrected chi connectivity index (χ1v) is 5.50. The Hall–Kier alpha value is -2.34. The minimum atomic E-state index is -0.331. The molecule has 90 valence electrons. The van der Waals surface area contributed by atoms with Gasteiger partial charge in [-0.15, -0.1) is 0 Å². The van der Waals surface area contributed by atoms with Crippen LogP contribution in [-0.4, -0.2) is 7.11 Å². The van der Waals surface area contributed by atoms with Crippen LogP contribution in [0.2, 0.25) is 0 Å². The van der Waals surface area contributed by atoms with Gasteiger partial charge in [-0.25, -0.2) is 4.39 Å². The predicted octanol–water partition coefficient (Wildman–Crippen LogP) is 3.68. The third-order valence-electron chi connectivity index (χ3n) is 2.82. The summed E-state index contributed by atoms with van der Waals surface area (Å²) >= 11 is 0. The zero-order valence-electron chi connectivity index (χ0n) is 10.2. The molecule has 0 saturated carbocycles. The van der Waals surface area contributed by atoms with Gasteiger partial charge in [0.05, 0.1) is 18.7 Å². The van der Waals surface area contributed by atoms with Crippen LogP contribution >= 0.6 is 0 Å². The molecule has 0 aliphatic carbocycles. The largest absolute Gasteiger partial charge is 0.497 e. The fourth-order valence-electron chi connectivity index (χ4n) is 1.88. The predicted molar refractivity (Wildman–Crippen MR) is 67.8 cm³/mol. The zero-order chi connectivity index (χ0) is 13.1. The van der Waals surface area contributed by atoms with Gasteiger partial charge in [-0.3, -0.25) is 0 Å². The fraction of sp³-hybridized carbons (Fsp3) is 0.133. The zero-order valence-corrected chi connectivity index (χ0v) is 10.2. The van der Waals surface area contributed by atoms with Crippen LogP contribution in [0, 0.1) is 24.1 Å². The molecule has 0 heterocycles. The van der Waals surface area contributed by atoms with Crippen molar-refractivity contribution in [2.24, 2.45) is 0 Å².